The van der Waals surface area contributed by atoms with Gasteiger partial charge in [-0.3, -0.25) is 9.48 Å². The van der Waals surface area contributed by atoms with Crippen LogP contribution in [-0.4, -0.2) is 33.4 Å². The average Bonchev–Trinajstić information content (AvgIpc) is 2.61. The third-order valence-electron chi connectivity index (χ3n) is 3.37. The van der Waals surface area contributed by atoms with E-state index in [1.807, 2.05) is 20.9 Å². The Balaban J connectivity index is 2.35. The number of nitrogens with zero attached hydrogens (tertiary/aromatic N) is 2. The number of nitrogens with one attached hydrogen (secondary N) is 2. The molecular weight excluding hydrogens is 260 g/mol. The van der Waals surface area contributed by atoms with E-state index in [1.54, 1.807) is 11.6 Å². The van der Waals surface area contributed by atoms with Gasteiger partial charge in [0.2, 0.25) is 0 Å². The molecule has 1 unspecified atom stereocenters. The van der Waals surface area contributed by atoms with Crippen molar-refractivity contribution >= 4 is 12.0 Å². The Hall–Kier alpha value is -2.05. The maximum atomic E-state index is 11.6. The minimum Gasteiger partial charge on any atom is -0.481 e. The Morgan fingerprint density at radius 2 is 2.00 bits per heavy atom. The summed E-state index contributed by atoms with van der Waals surface area (Å²) in [5.74, 6) is -1.31. The molecule has 112 valence electrons. The third kappa shape index (κ3) is 4.25. The van der Waals surface area contributed by atoms with Crippen LogP contribution in [0.4, 0.5) is 4.79 Å². The second-order valence-electron chi connectivity index (χ2n) is 4.91. The normalized spacial score (nSPS) is 12.0. The molecule has 7 heteroatoms. The van der Waals surface area contributed by atoms with Gasteiger partial charge in [0, 0.05) is 31.4 Å². The van der Waals surface area contributed by atoms with Crippen LogP contribution in [0.2, 0.25) is 0 Å². The smallest absolute Gasteiger partial charge is 0.315 e. The van der Waals surface area contributed by atoms with Crippen molar-refractivity contribution in [1.82, 2.24) is 20.4 Å². The van der Waals surface area contributed by atoms with E-state index in [0.717, 1.165) is 17.0 Å². The Labute approximate surface area is 118 Å². The molecule has 1 aromatic rings. The summed E-state index contributed by atoms with van der Waals surface area (Å²) < 4.78 is 1.78. The van der Waals surface area contributed by atoms with Crippen LogP contribution < -0.4 is 10.6 Å². The zero-order chi connectivity index (χ0) is 15.3. The monoisotopic (exact) mass is 282 g/mol. The lowest BCUT2D eigenvalue weighted by molar-refractivity contribution is -0.141. The van der Waals surface area contributed by atoms with Crippen LogP contribution in [0.3, 0.4) is 0 Å². The Morgan fingerprint density at radius 3 is 2.50 bits per heavy atom. The topological polar surface area (TPSA) is 96.3 Å². The van der Waals surface area contributed by atoms with E-state index in [9.17, 15) is 9.59 Å². The number of rotatable bonds is 6. The molecule has 20 heavy (non-hydrogen) atoms. The predicted molar refractivity (Wildman–Crippen MR) is 74.3 cm³/mol. The maximum absolute atomic E-state index is 11.6. The number of carboxylic acids is 1. The van der Waals surface area contributed by atoms with Gasteiger partial charge in [0.25, 0.3) is 0 Å². The molecular formula is C13H22N4O3. The van der Waals surface area contributed by atoms with E-state index < -0.39 is 11.9 Å². The number of carbonyl (C=O) groups excluding carboxylic acids is 1. The molecule has 7 nitrogen and oxygen atoms in total. The van der Waals surface area contributed by atoms with Crippen LogP contribution in [0.15, 0.2) is 0 Å². The summed E-state index contributed by atoms with van der Waals surface area (Å²) in [7, 11) is 1.86. The molecule has 0 aliphatic heterocycles. The lowest BCUT2D eigenvalue weighted by Gasteiger charge is -2.09. The molecule has 0 saturated carbocycles. The zero-order valence-electron chi connectivity index (χ0n) is 12.4. The van der Waals surface area contributed by atoms with Crippen LogP contribution in [0.1, 0.15) is 30.3 Å². The van der Waals surface area contributed by atoms with E-state index in [1.165, 1.54) is 0 Å². The number of aryl methyl sites for hydroxylation is 2. The molecule has 0 aliphatic carbocycles. The minimum absolute atomic E-state index is 0.301. The van der Waals surface area contributed by atoms with Gasteiger partial charge in [0.15, 0.2) is 0 Å². The first-order chi connectivity index (χ1) is 9.32. The van der Waals surface area contributed by atoms with Gasteiger partial charge in [0.05, 0.1) is 11.6 Å². The number of aromatic nitrogens is 2. The fourth-order valence-corrected chi connectivity index (χ4v) is 1.83. The van der Waals surface area contributed by atoms with Crippen molar-refractivity contribution in [2.45, 2.75) is 33.7 Å². The van der Waals surface area contributed by atoms with Gasteiger partial charge in [0.1, 0.15) is 0 Å². The molecule has 0 fully saturated rings. The van der Waals surface area contributed by atoms with Crippen LogP contribution >= 0.6 is 0 Å². The molecule has 0 saturated heterocycles. The average molecular weight is 282 g/mol. The molecule has 0 spiro atoms. The van der Waals surface area contributed by atoms with Crippen molar-refractivity contribution in [2.24, 2.45) is 13.0 Å². The summed E-state index contributed by atoms with van der Waals surface area (Å²) in [6, 6.07) is -0.301. The summed E-state index contributed by atoms with van der Waals surface area (Å²) >= 11 is 0. The number of hydrogen-bond donors (Lipinski definition) is 3. The quantitative estimate of drug-likeness (QED) is 0.723. The Morgan fingerprint density at radius 1 is 1.35 bits per heavy atom. The summed E-state index contributed by atoms with van der Waals surface area (Å²) in [6.45, 7) is 6.21. The predicted octanol–water partition coefficient (Wildman–Crippen LogP) is 0.947. The van der Waals surface area contributed by atoms with Crippen LogP contribution in [-0.2, 0) is 18.4 Å². The summed E-state index contributed by atoms with van der Waals surface area (Å²) in [4.78, 5) is 22.2. The SMILES string of the molecule is Cc1nn(C)c(C)c1CNC(=O)NCCC(C)C(=O)O. The van der Waals surface area contributed by atoms with E-state index in [4.69, 9.17) is 5.11 Å². The first-order valence-electron chi connectivity index (χ1n) is 6.56. The lowest BCUT2D eigenvalue weighted by atomic mass is 10.1. The number of hydrogen-bond acceptors (Lipinski definition) is 3. The van der Waals surface area contributed by atoms with Gasteiger partial charge in [-0.25, -0.2) is 4.79 Å². The standard InChI is InChI=1S/C13H22N4O3/c1-8(12(18)19)5-6-14-13(20)15-7-11-9(2)16-17(4)10(11)3/h8H,5-7H2,1-4H3,(H,18,19)(H2,14,15,20). The molecule has 0 aliphatic rings. The number of carboxylic acid groups (broad SMARTS) is 1. The van der Waals surface area contributed by atoms with Gasteiger partial charge in [-0.05, 0) is 20.3 Å². The highest BCUT2D eigenvalue weighted by atomic mass is 16.4. The summed E-state index contributed by atoms with van der Waals surface area (Å²) in [5, 5.41) is 18.4. The largest absolute Gasteiger partial charge is 0.481 e. The van der Waals surface area contributed by atoms with Crippen molar-refractivity contribution in [3.63, 3.8) is 0 Å². The molecule has 1 aromatic heterocycles. The van der Waals surface area contributed by atoms with Crippen molar-refractivity contribution in [3.8, 4) is 0 Å². The molecule has 2 amide bonds. The van der Waals surface area contributed by atoms with Crippen LogP contribution in [0, 0.1) is 19.8 Å². The fourth-order valence-electron chi connectivity index (χ4n) is 1.83. The van der Waals surface area contributed by atoms with Gasteiger partial charge in [-0.1, -0.05) is 6.92 Å². The van der Waals surface area contributed by atoms with Crippen LogP contribution in [0.25, 0.3) is 0 Å². The first-order valence-corrected chi connectivity index (χ1v) is 6.56. The highest BCUT2D eigenvalue weighted by Crippen LogP contribution is 2.10. The fraction of sp³-hybridized carbons (Fsp3) is 0.615. The number of urea groups is 1. The van der Waals surface area contributed by atoms with Crippen LogP contribution in [0.5, 0.6) is 0 Å². The summed E-state index contributed by atoms with van der Waals surface area (Å²) in [5.41, 5.74) is 2.91. The highest BCUT2D eigenvalue weighted by Gasteiger charge is 2.12. The number of amides is 2. The molecule has 0 radical (unpaired) electrons. The molecule has 0 bridgehead atoms. The molecule has 1 atom stereocenters. The lowest BCUT2D eigenvalue weighted by Crippen LogP contribution is -2.36. The second-order valence-corrected chi connectivity index (χ2v) is 4.91. The van der Waals surface area contributed by atoms with E-state index in [-0.39, 0.29) is 6.03 Å². The van der Waals surface area contributed by atoms with Gasteiger partial charge in [-0.15, -0.1) is 0 Å². The maximum Gasteiger partial charge on any atom is 0.315 e. The first kappa shape index (κ1) is 16.0. The third-order valence-corrected chi connectivity index (χ3v) is 3.37. The second kappa shape index (κ2) is 6.93. The molecule has 1 heterocycles. The van der Waals surface area contributed by atoms with Gasteiger partial charge in [-0.2, -0.15) is 5.10 Å². The zero-order valence-corrected chi connectivity index (χ0v) is 12.4. The van der Waals surface area contributed by atoms with E-state index in [0.29, 0.717) is 19.5 Å². The van der Waals surface area contributed by atoms with E-state index in [2.05, 4.69) is 15.7 Å². The molecule has 0 aromatic carbocycles. The van der Waals surface area contributed by atoms with Crippen molar-refractivity contribution < 1.29 is 14.7 Å². The Bertz CT molecular complexity index is 496. The number of aliphatic carboxylic acids is 1. The highest BCUT2D eigenvalue weighted by molar-refractivity contribution is 5.74. The molecule has 1 rings (SSSR count). The van der Waals surface area contributed by atoms with Crippen molar-refractivity contribution in [1.29, 1.82) is 0 Å². The molecule has 3 N–H and O–H groups in total. The summed E-state index contributed by atoms with van der Waals surface area (Å²) in [6.07, 6.45) is 0.410. The van der Waals surface area contributed by atoms with Crippen molar-refractivity contribution in [3.05, 3.63) is 17.0 Å². The number of carbonyl (C=O) groups is 2. The van der Waals surface area contributed by atoms with Gasteiger partial charge < -0.3 is 15.7 Å². The van der Waals surface area contributed by atoms with Crippen molar-refractivity contribution in [2.75, 3.05) is 6.54 Å². The Kier molecular flexibility index (Phi) is 5.54. The van der Waals surface area contributed by atoms with Gasteiger partial charge >= 0.3 is 12.0 Å². The minimum atomic E-state index is -0.853. The van der Waals surface area contributed by atoms with E-state index >= 15 is 0 Å².